The van der Waals surface area contributed by atoms with Gasteiger partial charge in [0.05, 0.1) is 11.7 Å². The molecule has 1 aromatic heterocycles. The molecule has 5 heteroatoms. The lowest BCUT2D eigenvalue weighted by atomic mass is 9.94. The monoisotopic (exact) mass is 338 g/mol. The fourth-order valence-corrected chi connectivity index (χ4v) is 4.33. The normalized spacial score (nSPS) is 24.2. The topological polar surface area (TPSA) is 52.2 Å². The van der Waals surface area contributed by atoms with Crippen LogP contribution in [0.2, 0.25) is 0 Å². The van der Waals surface area contributed by atoms with Crippen LogP contribution in [0.5, 0.6) is 0 Å². The molecule has 0 saturated carbocycles. The molecule has 25 heavy (non-hydrogen) atoms. The fourth-order valence-electron chi connectivity index (χ4n) is 4.33. The van der Waals surface area contributed by atoms with Gasteiger partial charge in [-0.15, -0.1) is 0 Å². The van der Waals surface area contributed by atoms with Gasteiger partial charge >= 0.3 is 0 Å². The van der Waals surface area contributed by atoms with Crippen molar-refractivity contribution in [1.29, 1.82) is 0 Å². The molecule has 0 radical (unpaired) electrons. The Hall–Kier alpha value is -2.14. The van der Waals surface area contributed by atoms with Crippen LogP contribution in [-0.4, -0.2) is 52.6 Å². The second kappa shape index (κ2) is 6.64. The van der Waals surface area contributed by atoms with Crippen molar-refractivity contribution in [1.82, 2.24) is 20.0 Å². The van der Waals surface area contributed by atoms with E-state index < -0.39 is 0 Å². The number of rotatable bonds is 3. The summed E-state index contributed by atoms with van der Waals surface area (Å²) in [7, 11) is 2.13. The number of aromatic amines is 1. The second-order valence-corrected chi connectivity index (χ2v) is 7.44. The van der Waals surface area contributed by atoms with Gasteiger partial charge in [-0.05, 0) is 57.0 Å². The summed E-state index contributed by atoms with van der Waals surface area (Å²) in [5.74, 6) is 0.490. The van der Waals surface area contributed by atoms with Crippen LogP contribution in [-0.2, 0) is 0 Å². The molecule has 0 bridgehead atoms. The Labute approximate surface area is 149 Å². The summed E-state index contributed by atoms with van der Waals surface area (Å²) in [5, 5.41) is 7.41. The van der Waals surface area contributed by atoms with Gasteiger partial charge in [0, 0.05) is 19.0 Å². The predicted octanol–water partition coefficient (Wildman–Crippen LogP) is 3.11. The van der Waals surface area contributed by atoms with Crippen LogP contribution in [0.4, 0.5) is 0 Å². The van der Waals surface area contributed by atoms with Crippen molar-refractivity contribution in [2.45, 2.75) is 38.1 Å². The highest BCUT2D eigenvalue weighted by atomic mass is 16.2. The summed E-state index contributed by atoms with van der Waals surface area (Å²) >= 11 is 0. The fraction of sp³-hybridized carbons (Fsp3) is 0.500. The first-order chi connectivity index (χ1) is 12.1. The standard InChI is InChI=1S/C20H26N4O/c1-14-6-3-4-7-16(14)15-9-11-24(13-15)20(25)18-12-17(21-22-18)19-8-5-10-23(19)2/h3-4,6-7,12,15,19H,5,8-11,13H2,1-2H3,(H,21,22). The lowest BCUT2D eigenvalue weighted by molar-refractivity contribution is 0.0785. The van der Waals surface area contributed by atoms with Crippen LogP contribution in [0.1, 0.15) is 58.5 Å². The Morgan fingerprint density at radius 1 is 1.24 bits per heavy atom. The molecule has 2 saturated heterocycles. The van der Waals surface area contributed by atoms with Gasteiger partial charge in [-0.25, -0.2) is 0 Å². The van der Waals surface area contributed by atoms with Crippen molar-refractivity contribution < 1.29 is 4.79 Å². The molecule has 0 spiro atoms. The summed E-state index contributed by atoms with van der Waals surface area (Å²) in [4.78, 5) is 17.1. The molecule has 4 rings (SSSR count). The van der Waals surface area contributed by atoms with Gasteiger partial charge < -0.3 is 4.90 Å². The molecule has 2 aromatic rings. The molecule has 1 aromatic carbocycles. The molecule has 2 aliphatic heterocycles. The van der Waals surface area contributed by atoms with Gasteiger partial charge in [0.15, 0.2) is 0 Å². The average molecular weight is 338 g/mol. The number of nitrogens with zero attached hydrogens (tertiary/aromatic N) is 3. The molecule has 0 aliphatic carbocycles. The SMILES string of the molecule is Cc1ccccc1C1CCN(C(=O)c2cc(C3CCCN3C)[nH]n2)C1. The number of hydrogen-bond acceptors (Lipinski definition) is 3. The maximum Gasteiger partial charge on any atom is 0.274 e. The number of carbonyl (C=O) groups is 1. The predicted molar refractivity (Wildman–Crippen MR) is 97.6 cm³/mol. The molecule has 1 amide bonds. The maximum atomic E-state index is 12.8. The number of benzene rings is 1. The van der Waals surface area contributed by atoms with Crippen molar-refractivity contribution in [2.24, 2.45) is 0 Å². The first kappa shape index (κ1) is 16.3. The van der Waals surface area contributed by atoms with E-state index in [1.54, 1.807) is 0 Å². The molecule has 5 nitrogen and oxygen atoms in total. The Morgan fingerprint density at radius 2 is 2.08 bits per heavy atom. The number of hydrogen-bond donors (Lipinski definition) is 1. The second-order valence-electron chi connectivity index (χ2n) is 7.44. The van der Waals surface area contributed by atoms with E-state index in [4.69, 9.17) is 0 Å². The van der Waals surface area contributed by atoms with Crippen LogP contribution in [0.15, 0.2) is 30.3 Å². The number of likely N-dealkylation sites (tertiary alicyclic amines) is 2. The van der Waals surface area contributed by atoms with E-state index in [0.29, 0.717) is 17.7 Å². The Morgan fingerprint density at radius 3 is 2.84 bits per heavy atom. The van der Waals surface area contributed by atoms with E-state index in [-0.39, 0.29) is 5.91 Å². The quantitative estimate of drug-likeness (QED) is 0.935. The van der Waals surface area contributed by atoms with Gasteiger partial charge in [0.2, 0.25) is 0 Å². The highest BCUT2D eigenvalue weighted by Gasteiger charge is 2.31. The number of nitrogens with one attached hydrogen (secondary N) is 1. The summed E-state index contributed by atoms with van der Waals surface area (Å²) < 4.78 is 0. The number of carbonyl (C=O) groups excluding carboxylic acids is 1. The highest BCUT2D eigenvalue weighted by molar-refractivity contribution is 5.92. The van der Waals surface area contributed by atoms with E-state index in [2.05, 4.69) is 53.3 Å². The van der Waals surface area contributed by atoms with Crippen LogP contribution in [0.3, 0.4) is 0 Å². The van der Waals surface area contributed by atoms with E-state index in [9.17, 15) is 4.79 Å². The summed E-state index contributed by atoms with van der Waals surface area (Å²) in [6, 6.07) is 10.8. The summed E-state index contributed by atoms with van der Waals surface area (Å²) in [6.45, 7) is 4.85. The average Bonchev–Trinajstić information content (AvgIpc) is 3.34. The van der Waals surface area contributed by atoms with Crippen molar-refractivity contribution in [2.75, 3.05) is 26.7 Å². The lowest BCUT2D eigenvalue weighted by Crippen LogP contribution is -2.28. The third-order valence-electron chi connectivity index (χ3n) is 5.80. The van der Waals surface area contributed by atoms with Crippen LogP contribution >= 0.6 is 0 Å². The first-order valence-electron chi connectivity index (χ1n) is 9.24. The van der Waals surface area contributed by atoms with Gasteiger partial charge in [-0.1, -0.05) is 24.3 Å². The van der Waals surface area contributed by atoms with Gasteiger partial charge in [0.25, 0.3) is 5.91 Å². The largest absolute Gasteiger partial charge is 0.337 e. The number of H-pyrrole nitrogens is 1. The van der Waals surface area contributed by atoms with Crippen molar-refractivity contribution >= 4 is 5.91 Å². The van der Waals surface area contributed by atoms with E-state index in [1.165, 1.54) is 17.5 Å². The number of amides is 1. The minimum Gasteiger partial charge on any atom is -0.337 e. The van der Waals surface area contributed by atoms with E-state index in [1.807, 2.05) is 11.0 Å². The van der Waals surface area contributed by atoms with Crippen LogP contribution in [0.25, 0.3) is 0 Å². The lowest BCUT2D eigenvalue weighted by Gasteiger charge is -2.17. The van der Waals surface area contributed by atoms with Crippen molar-refractivity contribution in [3.05, 3.63) is 52.8 Å². The Balaban J connectivity index is 1.45. The maximum absolute atomic E-state index is 12.8. The van der Waals surface area contributed by atoms with Crippen molar-refractivity contribution in [3.8, 4) is 0 Å². The zero-order valence-electron chi connectivity index (χ0n) is 15.0. The highest BCUT2D eigenvalue weighted by Crippen LogP contribution is 2.31. The van der Waals surface area contributed by atoms with E-state index in [0.717, 1.165) is 38.2 Å². The first-order valence-corrected chi connectivity index (χ1v) is 9.24. The Kier molecular flexibility index (Phi) is 4.34. The van der Waals surface area contributed by atoms with E-state index >= 15 is 0 Å². The minimum absolute atomic E-state index is 0.0548. The molecule has 2 atom stereocenters. The third kappa shape index (κ3) is 3.09. The summed E-state index contributed by atoms with van der Waals surface area (Å²) in [6.07, 6.45) is 3.36. The van der Waals surface area contributed by atoms with Gasteiger partial charge in [-0.3, -0.25) is 14.8 Å². The molecule has 2 aliphatic rings. The molecule has 2 unspecified atom stereocenters. The number of aryl methyl sites for hydroxylation is 1. The molecular weight excluding hydrogens is 312 g/mol. The molecule has 132 valence electrons. The molecule has 2 fully saturated rings. The van der Waals surface area contributed by atoms with Crippen LogP contribution in [0, 0.1) is 6.92 Å². The van der Waals surface area contributed by atoms with Crippen molar-refractivity contribution in [3.63, 3.8) is 0 Å². The van der Waals surface area contributed by atoms with Gasteiger partial charge in [0.1, 0.15) is 5.69 Å². The third-order valence-corrected chi connectivity index (χ3v) is 5.80. The zero-order chi connectivity index (χ0) is 17.4. The molecular formula is C20H26N4O. The number of aromatic nitrogens is 2. The smallest absolute Gasteiger partial charge is 0.274 e. The minimum atomic E-state index is 0.0548. The molecule has 1 N–H and O–H groups in total. The zero-order valence-corrected chi connectivity index (χ0v) is 15.0. The van der Waals surface area contributed by atoms with Crippen LogP contribution < -0.4 is 0 Å². The Bertz CT molecular complexity index is 769. The van der Waals surface area contributed by atoms with Gasteiger partial charge in [-0.2, -0.15) is 5.10 Å². The molecule has 3 heterocycles. The summed E-state index contributed by atoms with van der Waals surface area (Å²) in [5.41, 5.74) is 4.31.